The third-order valence-electron chi connectivity index (χ3n) is 3.47. The number of alkyl halides is 1. The van der Waals surface area contributed by atoms with Gasteiger partial charge in [0.15, 0.2) is 0 Å². The van der Waals surface area contributed by atoms with Crippen LogP contribution < -0.4 is 4.90 Å². The number of rotatable bonds is 4. The van der Waals surface area contributed by atoms with E-state index in [4.69, 9.17) is 16.0 Å². The molecule has 2 aromatic heterocycles. The minimum absolute atomic E-state index is 0.599. The van der Waals surface area contributed by atoms with Crippen LogP contribution >= 0.6 is 11.6 Å². The largest absolute Gasteiger partial charge is 0.464 e. The van der Waals surface area contributed by atoms with Gasteiger partial charge in [-0.2, -0.15) is 0 Å². The minimum Gasteiger partial charge on any atom is -0.464 e. The van der Waals surface area contributed by atoms with Crippen molar-refractivity contribution in [1.82, 2.24) is 4.98 Å². The molecule has 0 unspecified atom stereocenters. The lowest BCUT2D eigenvalue weighted by molar-refractivity contribution is 0.389. The number of pyridine rings is 1. The second-order valence-electron chi connectivity index (χ2n) is 4.43. The van der Waals surface area contributed by atoms with Crippen LogP contribution in [-0.2, 0) is 0 Å². The highest BCUT2D eigenvalue weighted by atomic mass is 35.5. The Morgan fingerprint density at radius 1 is 1.41 bits per heavy atom. The van der Waals surface area contributed by atoms with Crippen molar-refractivity contribution in [3.05, 3.63) is 24.6 Å². The first-order valence-corrected chi connectivity index (χ1v) is 6.58. The first-order valence-electron chi connectivity index (χ1n) is 6.05. The molecule has 0 bridgehead atoms. The van der Waals surface area contributed by atoms with E-state index in [0.717, 1.165) is 23.3 Å². The monoisotopic (exact) mass is 250 g/mol. The molecule has 4 heteroatoms. The van der Waals surface area contributed by atoms with Crippen LogP contribution in [0, 0.1) is 0 Å². The van der Waals surface area contributed by atoms with Gasteiger partial charge >= 0.3 is 0 Å². The summed E-state index contributed by atoms with van der Waals surface area (Å²) in [5.74, 6) is 1.65. The lowest BCUT2D eigenvalue weighted by atomic mass is 9.91. The van der Waals surface area contributed by atoms with Gasteiger partial charge in [-0.25, -0.2) is 4.98 Å². The normalized spacial score (nSPS) is 16.1. The Labute approximate surface area is 105 Å². The molecule has 17 heavy (non-hydrogen) atoms. The molecule has 2 heterocycles. The van der Waals surface area contributed by atoms with E-state index in [9.17, 15) is 0 Å². The molecule has 0 aromatic carbocycles. The average molecular weight is 251 g/mol. The molecule has 0 radical (unpaired) electrons. The average Bonchev–Trinajstić information content (AvgIpc) is 2.73. The molecule has 0 atom stereocenters. The van der Waals surface area contributed by atoms with Crippen LogP contribution in [-0.4, -0.2) is 23.5 Å². The topological polar surface area (TPSA) is 29.3 Å². The highest BCUT2D eigenvalue weighted by Crippen LogP contribution is 2.32. The lowest BCUT2D eigenvalue weighted by Gasteiger charge is -2.38. The molecule has 1 saturated carbocycles. The van der Waals surface area contributed by atoms with Gasteiger partial charge in [-0.3, -0.25) is 0 Å². The zero-order valence-corrected chi connectivity index (χ0v) is 10.4. The Hall–Kier alpha value is -1.22. The molecular formula is C13H15ClN2O. The number of furan rings is 1. The zero-order valence-electron chi connectivity index (χ0n) is 9.60. The molecule has 1 aliphatic carbocycles. The van der Waals surface area contributed by atoms with E-state index < -0.39 is 0 Å². The third kappa shape index (κ3) is 1.89. The van der Waals surface area contributed by atoms with Gasteiger partial charge in [0.25, 0.3) is 0 Å². The first-order chi connectivity index (χ1) is 8.40. The number of hydrogen-bond donors (Lipinski definition) is 0. The van der Waals surface area contributed by atoms with Crippen LogP contribution in [0.25, 0.3) is 11.0 Å². The van der Waals surface area contributed by atoms with Crippen molar-refractivity contribution in [2.45, 2.75) is 25.3 Å². The summed E-state index contributed by atoms with van der Waals surface area (Å²) in [6, 6.07) is 4.48. The van der Waals surface area contributed by atoms with Gasteiger partial charge < -0.3 is 9.32 Å². The molecule has 3 rings (SSSR count). The van der Waals surface area contributed by atoms with Crippen LogP contribution in [0.5, 0.6) is 0 Å². The van der Waals surface area contributed by atoms with Gasteiger partial charge in [0, 0.05) is 24.7 Å². The summed E-state index contributed by atoms with van der Waals surface area (Å²) >= 11 is 5.90. The Kier molecular flexibility index (Phi) is 2.93. The second-order valence-corrected chi connectivity index (χ2v) is 4.81. The maximum atomic E-state index is 5.90. The van der Waals surface area contributed by atoms with Crippen molar-refractivity contribution in [2.24, 2.45) is 0 Å². The molecule has 0 N–H and O–H groups in total. The van der Waals surface area contributed by atoms with E-state index in [1.165, 1.54) is 19.3 Å². The van der Waals surface area contributed by atoms with Gasteiger partial charge in [0.1, 0.15) is 11.4 Å². The highest BCUT2D eigenvalue weighted by molar-refractivity contribution is 6.18. The Balaban J connectivity index is 2.01. The number of nitrogens with zero attached hydrogens (tertiary/aromatic N) is 2. The predicted octanol–water partition coefficient (Wildman–Crippen LogP) is 3.43. The molecule has 90 valence electrons. The molecule has 0 spiro atoms. The van der Waals surface area contributed by atoms with E-state index in [0.29, 0.717) is 11.9 Å². The number of fused-ring (bicyclic) bond motifs is 1. The van der Waals surface area contributed by atoms with E-state index in [2.05, 4.69) is 9.88 Å². The molecule has 0 aliphatic heterocycles. The molecule has 1 aliphatic rings. The summed E-state index contributed by atoms with van der Waals surface area (Å²) in [5.41, 5.74) is 0.897. The van der Waals surface area contributed by atoms with E-state index in [-0.39, 0.29) is 0 Å². The molecule has 0 saturated heterocycles. The highest BCUT2D eigenvalue weighted by Gasteiger charge is 2.26. The predicted molar refractivity (Wildman–Crippen MR) is 69.7 cm³/mol. The van der Waals surface area contributed by atoms with Gasteiger partial charge in [-0.05, 0) is 31.4 Å². The lowest BCUT2D eigenvalue weighted by Crippen LogP contribution is -2.42. The van der Waals surface area contributed by atoms with E-state index >= 15 is 0 Å². The quantitative estimate of drug-likeness (QED) is 0.779. The number of anilines is 1. The van der Waals surface area contributed by atoms with Crippen molar-refractivity contribution in [1.29, 1.82) is 0 Å². The second kappa shape index (κ2) is 4.57. The molecule has 3 nitrogen and oxygen atoms in total. The van der Waals surface area contributed by atoms with Crippen LogP contribution in [0.2, 0.25) is 0 Å². The van der Waals surface area contributed by atoms with E-state index in [1.54, 1.807) is 12.5 Å². The first kappa shape index (κ1) is 10.9. The fourth-order valence-corrected chi connectivity index (χ4v) is 2.54. The zero-order chi connectivity index (χ0) is 11.7. The SMILES string of the molecule is ClCCN(c1nccc2occc12)C1CCC1. The van der Waals surface area contributed by atoms with Crippen LogP contribution in [0.1, 0.15) is 19.3 Å². The van der Waals surface area contributed by atoms with Gasteiger partial charge in [-0.1, -0.05) is 0 Å². The van der Waals surface area contributed by atoms with Crippen LogP contribution in [0.4, 0.5) is 5.82 Å². The number of halogens is 1. The Morgan fingerprint density at radius 3 is 3.00 bits per heavy atom. The van der Waals surface area contributed by atoms with E-state index in [1.807, 2.05) is 12.1 Å². The summed E-state index contributed by atoms with van der Waals surface area (Å²) < 4.78 is 5.42. The molecule has 0 amide bonds. The summed E-state index contributed by atoms with van der Waals surface area (Å²) in [7, 11) is 0. The van der Waals surface area contributed by atoms with Gasteiger partial charge in [0.2, 0.25) is 0 Å². The standard InChI is InChI=1S/C13H15ClN2O/c14-6-8-16(10-2-1-3-10)13-11-5-9-17-12(11)4-7-15-13/h4-5,7,9-10H,1-3,6,8H2. The van der Waals surface area contributed by atoms with Gasteiger partial charge in [0.05, 0.1) is 11.6 Å². The number of aromatic nitrogens is 1. The number of hydrogen-bond acceptors (Lipinski definition) is 3. The summed E-state index contributed by atoms with van der Waals surface area (Å²) in [6.07, 6.45) is 7.32. The fourth-order valence-electron chi connectivity index (χ4n) is 2.36. The molecule has 1 fully saturated rings. The van der Waals surface area contributed by atoms with Crippen molar-refractivity contribution in [3.63, 3.8) is 0 Å². The van der Waals surface area contributed by atoms with Crippen molar-refractivity contribution < 1.29 is 4.42 Å². The van der Waals surface area contributed by atoms with Crippen molar-refractivity contribution >= 4 is 28.4 Å². The minimum atomic E-state index is 0.599. The summed E-state index contributed by atoms with van der Waals surface area (Å²) in [6.45, 7) is 0.851. The molecule has 2 aromatic rings. The Morgan fingerprint density at radius 2 is 2.29 bits per heavy atom. The maximum absolute atomic E-state index is 5.90. The van der Waals surface area contributed by atoms with Gasteiger partial charge in [-0.15, -0.1) is 11.6 Å². The summed E-state index contributed by atoms with van der Waals surface area (Å²) in [5, 5.41) is 1.09. The summed E-state index contributed by atoms with van der Waals surface area (Å²) in [4.78, 5) is 6.84. The van der Waals surface area contributed by atoms with Crippen LogP contribution in [0.3, 0.4) is 0 Å². The fraction of sp³-hybridized carbons (Fsp3) is 0.462. The van der Waals surface area contributed by atoms with Crippen molar-refractivity contribution in [2.75, 3.05) is 17.3 Å². The third-order valence-corrected chi connectivity index (χ3v) is 3.64. The Bertz CT molecular complexity index is 507. The smallest absolute Gasteiger partial charge is 0.139 e. The maximum Gasteiger partial charge on any atom is 0.139 e. The van der Waals surface area contributed by atoms with Crippen LogP contribution in [0.15, 0.2) is 29.0 Å². The van der Waals surface area contributed by atoms with Crippen molar-refractivity contribution in [3.8, 4) is 0 Å². The molecular weight excluding hydrogens is 236 g/mol.